The van der Waals surface area contributed by atoms with E-state index in [9.17, 15) is 0 Å². The molecule has 0 aromatic carbocycles. The average Bonchev–Trinajstić information content (AvgIpc) is 2.89. The summed E-state index contributed by atoms with van der Waals surface area (Å²) in [6.45, 7) is 8.30. The van der Waals surface area contributed by atoms with Crippen LogP contribution >= 0.6 is 11.3 Å². The first kappa shape index (κ1) is 13.6. The molecule has 20 heavy (non-hydrogen) atoms. The molecule has 1 fully saturated rings. The Kier molecular flexibility index (Phi) is 3.76. The van der Waals surface area contributed by atoms with Crippen molar-refractivity contribution in [2.24, 2.45) is 0 Å². The molecule has 1 saturated heterocycles. The third kappa shape index (κ3) is 2.45. The molecule has 3 heterocycles. The summed E-state index contributed by atoms with van der Waals surface area (Å²) in [5.74, 6) is 1.82. The predicted octanol–water partition coefficient (Wildman–Crippen LogP) is 2.26. The van der Waals surface area contributed by atoms with E-state index in [1.807, 2.05) is 0 Å². The molecule has 0 saturated carbocycles. The Labute approximate surface area is 123 Å². The fraction of sp³-hybridized carbons (Fsp3) is 0.571. The minimum atomic E-state index is 0.551. The van der Waals surface area contributed by atoms with Crippen molar-refractivity contribution in [1.29, 1.82) is 0 Å². The molecule has 1 atom stereocenters. The van der Waals surface area contributed by atoms with Crippen LogP contribution in [0.25, 0.3) is 10.2 Å². The number of nitrogens with one attached hydrogen (secondary N) is 1. The zero-order valence-electron chi connectivity index (χ0n) is 12.3. The van der Waals surface area contributed by atoms with Gasteiger partial charge < -0.3 is 15.1 Å². The molecular formula is C14H21N5S. The summed E-state index contributed by atoms with van der Waals surface area (Å²) >= 11 is 1.68. The fourth-order valence-electron chi connectivity index (χ4n) is 2.56. The minimum absolute atomic E-state index is 0.551. The van der Waals surface area contributed by atoms with Gasteiger partial charge in [0.05, 0.1) is 5.39 Å². The van der Waals surface area contributed by atoms with Gasteiger partial charge in [-0.05, 0) is 32.3 Å². The molecular weight excluding hydrogens is 270 g/mol. The van der Waals surface area contributed by atoms with E-state index in [0.717, 1.165) is 42.8 Å². The number of rotatable bonds is 3. The topological polar surface area (TPSA) is 44.3 Å². The van der Waals surface area contributed by atoms with Crippen molar-refractivity contribution in [3.63, 3.8) is 0 Å². The number of thiophene rings is 1. The summed E-state index contributed by atoms with van der Waals surface area (Å²) in [4.78, 5) is 15.2. The van der Waals surface area contributed by atoms with Gasteiger partial charge in [-0.2, -0.15) is 4.98 Å². The van der Waals surface area contributed by atoms with Crippen LogP contribution in [0.3, 0.4) is 0 Å². The van der Waals surface area contributed by atoms with E-state index in [-0.39, 0.29) is 0 Å². The lowest BCUT2D eigenvalue weighted by Gasteiger charge is -2.38. The van der Waals surface area contributed by atoms with Crippen molar-refractivity contribution in [3.05, 3.63) is 11.4 Å². The monoisotopic (exact) mass is 291 g/mol. The Morgan fingerprint density at radius 3 is 3.00 bits per heavy atom. The average molecular weight is 291 g/mol. The third-order valence-corrected chi connectivity index (χ3v) is 4.71. The van der Waals surface area contributed by atoms with Gasteiger partial charge in [0.15, 0.2) is 0 Å². The van der Waals surface area contributed by atoms with E-state index in [0.29, 0.717) is 6.04 Å². The first-order valence-electron chi connectivity index (χ1n) is 7.13. The molecule has 0 radical (unpaired) electrons. The standard InChI is InChI=1S/C14H21N5S/c1-4-15-14-16-12(11-5-8-20-13(11)17-14)19-7-6-18(3)10(2)9-19/h5,8,10H,4,6-7,9H2,1-3H3,(H,15,16,17). The second kappa shape index (κ2) is 5.54. The van der Waals surface area contributed by atoms with Crippen LogP contribution in [-0.2, 0) is 0 Å². The largest absolute Gasteiger partial charge is 0.354 e. The van der Waals surface area contributed by atoms with Crippen molar-refractivity contribution >= 4 is 33.3 Å². The summed E-state index contributed by atoms with van der Waals surface area (Å²) < 4.78 is 0. The van der Waals surface area contributed by atoms with Gasteiger partial charge in [-0.15, -0.1) is 11.3 Å². The van der Waals surface area contributed by atoms with Gasteiger partial charge in [-0.1, -0.05) is 0 Å². The zero-order valence-corrected chi connectivity index (χ0v) is 13.1. The van der Waals surface area contributed by atoms with Crippen LogP contribution < -0.4 is 10.2 Å². The lowest BCUT2D eigenvalue weighted by atomic mass is 10.2. The van der Waals surface area contributed by atoms with Crippen molar-refractivity contribution in [2.75, 3.05) is 43.4 Å². The van der Waals surface area contributed by atoms with Gasteiger partial charge in [0.25, 0.3) is 0 Å². The molecule has 5 nitrogen and oxygen atoms in total. The van der Waals surface area contributed by atoms with Crippen molar-refractivity contribution < 1.29 is 0 Å². The molecule has 1 unspecified atom stereocenters. The molecule has 2 aromatic heterocycles. The molecule has 0 bridgehead atoms. The molecule has 0 spiro atoms. The summed E-state index contributed by atoms with van der Waals surface area (Å²) in [5.41, 5.74) is 0. The van der Waals surface area contributed by atoms with E-state index in [1.54, 1.807) is 11.3 Å². The van der Waals surface area contributed by atoms with Crippen molar-refractivity contribution in [2.45, 2.75) is 19.9 Å². The summed E-state index contributed by atoms with van der Waals surface area (Å²) in [6, 6.07) is 2.68. The second-order valence-corrected chi connectivity index (χ2v) is 6.21. The van der Waals surface area contributed by atoms with Crippen LogP contribution in [-0.4, -0.2) is 54.1 Å². The number of fused-ring (bicyclic) bond motifs is 1. The highest BCUT2D eigenvalue weighted by Gasteiger charge is 2.23. The maximum atomic E-state index is 4.74. The molecule has 1 N–H and O–H groups in total. The van der Waals surface area contributed by atoms with Crippen molar-refractivity contribution in [3.8, 4) is 0 Å². The van der Waals surface area contributed by atoms with E-state index < -0.39 is 0 Å². The maximum Gasteiger partial charge on any atom is 0.226 e. The van der Waals surface area contributed by atoms with Gasteiger partial charge in [0.2, 0.25) is 5.95 Å². The van der Waals surface area contributed by atoms with E-state index in [2.05, 4.69) is 52.4 Å². The van der Waals surface area contributed by atoms with Crippen molar-refractivity contribution in [1.82, 2.24) is 14.9 Å². The number of nitrogens with zero attached hydrogens (tertiary/aromatic N) is 4. The highest BCUT2D eigenvalue weighted by Crippen LogP contribution is 2.30. The maximum absolute atomic E-state index is 4.74. The van der Waals surface area contributed by atoms with Gasteiger partial charge in [0.1, 0.15) is 10.6 Å². The van der Waals surface area contributed by atoms with E-state index in [1.165, 1.54) is 5.39 Å². The third-order valence-electron chi connectivity index (χ3n) is 3.90. The van der Waals surface area contributed by atoms with Crippen LogP contribution in [0.4, 0.5) is 11.8 Å². The minimum Gasteiger partial charge on any atom is -0.354 e. The number of anilines is 2. The molecule has 0 amide bonds. The Morgan fingerprint density at radius 1 is 1.40 bits per heavy atom. The summed E-state index contributed by atoms with van der Waals surface area (Å²) in [5, 5.41) is 6.51. The fourth-order valence-corrected chi connectivity index (χ4v) is 3.32. The summed E-state index contributed by atoms with van der Waals surface area (Å²) in [6.07, 6.45) is 0. The smallest absolute Gasteiger partial charge is 0.226 e. The van der Waals surface area contributed by atoms with E-state index in [4.69, 9.17) is 4.98 Å². The van der Waals surface area contributed by atoms with Gasteiger partial charge >= 0.3 is 0 Å². The Balaban J connectivity index is 1.98. The van der Waals surface area contributed by atoms with Crippen LogP contribution in [0.15, 0.2) is 11.4 Å². The van der Waals surface area contributed by atoms with Gasteiger partial charge in [-0.3, -0.25) is 0 Å². The summed E-state index contributed by atoms with van der Waals surface area (Å²) in [7, 11) is 2.19. The molecule has 1 aliphatic rings. The normalized spacial score (nSPS) is 20.6. The zero-order chi connectivity index (χ0) is 14.1. The lowest BCUT2D eigenvalue weighted by Crippen LogP contribution is -2.50. The first-order chi connectivity index (χ1) is 9.69. The van der Waals surface area contributed by atoms with Gasteiger partial charge in [-0.25, -0.2) is 4.98 Å². The highest BCUT2D eigenvalue weighted by atomic mass is 32.1. The number of hydrogen-bond acceptors (Lipinski definition) is 6. The molecule has 1 aliphatic heterocycles. The molecule has 6 heteroatoms. The first-order valence-corrected chi connectivity index (χ1v) is 8.01. The predicted molar refractivity (Wildman–Crippen MR) is 85.9 cm³/mol. The Bertz CT molecular complexity index is 596. The Morgan fingerprint density at radius 2 is 2.25 bits per heavy atom. The molecule has 2 aromatic rings. The number of hydrogen-bond donors (Lipinski definition) is 1. The molecule has 108 valence electrons. The van der Waals surface area contributed by atoms with Crippen LogP contribution in [0, 0.1) is 0 Å². The number of aromatic nitrogens is 2. The SMILES string of the molecule is CCNc1nc(N2CCN(C)C(C)C2)c2ccsc2n1. The lowest BCUT2D eigenvalue weighted by molar-refractivity contribution is 0.233. The number of likely N-dealkylation sites (N-methyl/N-ethyl adjacent to an activating group) is 1. The van der Waals surface area contributed by atoms with Crippen LogP contribution in [0.2, 0.25) is 0 Å². The van der Waals surface area contributed by atoms with Gasteiger partial charge in [0, 0.05) is 32.2 Å². The quantitative estimate of drug-likeness (QED) is 0.940. The van der Waals surface area contributed by atoms with Crippen LogP contribution in [0.5, 0.6) is 0 Å². The molecule has 0 aliphatic carbocycles. The highest BCUT2D eigenvalue weighted by molar-refractivity contribution is 7.16. The number of piperazine rings is 1. The Hall–Kier alpha value is -1.40. The molecule has 3 rings (SSSR count). The second-order valence-electron chi connectivity index (χ2n) is 5.32. The van der Waals surface area contributed by atoms with E-state index >= 15 is 0 Å². The van der Waals surface area contributed by atoms with Crippen LogP contribution in [0.1, 0.15) is 13.8 Å².